The number of hydrogen-bond donors (Lipinski definition) is 19. The molecule has 0 aromatic carbocycles. The van der Waals surface area contributed by atoms with Gasteiger partial charge in [-0.2, -0.15) is 29.6 Å². The molecule has 33 N–H and O–H groups in total. The summed E-state index contributed by atoms with van der Waals surface area (Å²) >= 11 is 0. The van der Waals surface area contributed by atoms with Crippen molar-refractivity contribution in [1.82, 2.24) is 31.3 Å². The first-order valence-electron chi connectivity index (χ1n) is 27.9. The maximum atomic E-state index is 9.65. The number of hydroxylamine groups is 9. The number of piperazine rings is 10. The van der Waals surface area contributed by atoms with Crippen molar-refractivity contribution in [3.63, 3.8) is 0 Å². The Balaban J connectivity index is 0.000000217. The van der Waals surface area contributed by atoms with Gasteiger partial charge in [0.1, 0.15) is 85.1 Å². The quantitative estimate of drug-likeness (QED) is 0.0934. The van der Waals surface area contributed by atoms with Crippen LogP contribution in [0.5, 0.6) is 0 Å². The summed E-state index contributed by atoms with van der Waals surface area (Å²) in [6.07, 6.45) is 19.2. The molecular formula is C45H111N26O3+13. The molecule has 2 aromatic heterocycles. The number of guanidine groups is 1. The SMILES string of the molecule is C1CNCN1.C1C[NH+]2CC[NH+]1CC2.C1C[NH2+]CC[NH2+]1.NC1=N[NH2+]C=N1.NC1CCCC1.NC1CCCCC1[NH3+].NCC[NH3+].Nc1nn[nH]n1.O[N+]12CC[N+](O)(CC1)CC2.O[N+]12CC[NH+](CC1)CC2.c1c[nH+]cc[nH+]1. The lowest BCUT2D eigenvalue weighted by Crippen LogP contribution is -3.35. The number of nitrogen functional groups attached to an aromatic ring is 1. The van der Waals surface area contributed by atoms with Crippen molar-refractivity contribution in [2.75, 3.05) is 183 Å². The van der Waals surface area contributed by atoms with Gasteiger partial charge >= 0.3 is 0 Å². The minimum Gasteiger partial charge on any atom is -0.365 e. The molecule has 14 heterocycles. The molecule has 13 fully saturated rings. The highest BCUT2D eigenvalue weighted by Crippen LogP contribution is 2.21. The molecule has 29 nitrogen and oxygen atoms in total. The van der Waals surface area contributed by atoms with E-state index in [1.54, 1.807) is 16.7 Å². The van der Waals surface area contributed by atoms with Crippen molar-refractivity contribution >= 4 is 18.2 Å². The summed E-state index contributed by atoms with van der Waals surface area (Å²) in [4.78, 5) is 14.7. The fourth-order valence-electron chi connectivity index (χ4n) is 9.53. The summed E-state index contributed by atoms with van der Waals surface area (Å²) in [5.41, 5.74) is 35.2. The van der Waals surface area contributed by atoms with E-state index < -0.39 is 0 Å². The van der Waals surface area contributed by atoms with Crippen molar-refractivity contribution in [2.45, 2.75) is 69.5 Å². The average Bonchev–Trinajstić information content (AvgIpc) is 4.34. The molecule has 0 spiro atoms. The van der Waals surface area contributed by atoms with Crippen LogP contribution in [0, 0.1) is 0 Å². The van der Waals surface area contributed by atoms with Crippen LogP contribution >= 0.6 is 0 Å². The molecule has 11 saturated heterocycles. The van der Waals surface area contributed by atoms with Crippen molar-refractivity contribution in [3.05, 3.63) is 24.8 Å². The van der Waals surface area contributed by atoms with Gasteiger partial charge in [0, 0.05) is 38.8 Å². The second-order valence-corrected chi connectivity index (χ2v) is 20.8. The maximum absolute atomic E-state index is 9.65. The van der Waals surface area contributed by atoms with Crippen molar-refractivity contribution < 1.29 is 81.8 Å². The number of nitrogens with two attached hydrogens (primary N) is 8. The van der Waals surface area contributed by atoms with E-state index in [1.807, 2.05) is 34.6 Å². The zero-order chi connectivity index (χ0) is 53.6. The number of H-pyrrole nitrogens is 3. The number of aromatic nitrogens is 6. The lowest BCUT2D eigenvalue weighted by molar-refractivity contribution is -1.23. The van der Waals surface area contributed by atoms with Gasteiger partial charge in [-0.15, -0.1) is 5.10 Å². The molecule has 74 heavy (non-hydrogen) atoms. The maximum Gasteiger partial charge on any atom is 0.278 e. The number of aliphatic imine (C=N–C) groups is 1. The number of hydrogen-bond acceptors (Lipinski definition) is 15. The Morgan fingerprint density at radius 2 is 1.07 bits per heavy atom. The Morgan fingerprint density at radius 1 is 0.649 bits per heavy atom. The van der Waals surface area contributed by atoms with E-state index in [9.17, 15) is 15.6 Å². The fourth-order valence-corrected chi connectivity index (χ4v) is 9.53. The second kappa shape index (κ2) is 38.8. The standard InChI is InChI=1S/C6H14N2O2.C6H13N2O.C6H12N2.C6H14N2.C5H11N.C4H10N2.C4H4N2.C3H8N2.C2H4N4.C2H8N2.CH3N5/c9-7-1-2-8(10,5-3-7)6-4-7;9-8-4-1-7(2-5-8)3-6-8;1-2-8-5-3-7(1)4-6-8;7-5-3-1-2-4-6(5)8;6-5-3-1-2-4-5;2*1-2-6-4-3-5-1;1-2-5-3-4-1;3-2-4-1-5-6-2;3-1-2-4;2-1-3-5-6-4-1/h9-10H,1-6H2;9H,1-6H2;1-6H2;5-6H,1-4,7-8H2;5H,1-4,6H2;5-6H,1-4H2;1-4H;4-5H,1-3H2;1H,(H3,3,4,5,6);1-4H2;(H3,2,3,4,5,6)/q+2;+1;;;;;;;;;/p+10. The highest BCUT2D eigenvalue weighted by molar-refractivity contribution is 5.85. The molecule has 2 aliphatic carbocycles. The Labute approximate surface area is 440 Å². The van der Waals surface area contributed by atoms with Gasteiger partial charge in [0.05, 0.1) is 18.6 Å². The van der Waals surface area contributed by atoms with E-state index in [0.29, 0.717) is 35.3 Å². The van der Waals surface area contributed by atoms with Crippen LogP contribution < -0.4 is 91.5 Å². The molecule has 14 aliphatic rings. The molecule has 12 aliphatic heterocycles. The number of quaternary nitrogens is 11. The van der Waals surface area contributed by atoms with E-state index in [-0.39, 0.29) is 15.2 Å². The number of nitrogens with zero attached hydrogens (tertiary/aromatic N) is 8. The summed E-state index contributed by atoms with van der Waals surface area (Å²) in [7, 11) is 0. The number of anilines is 1. The topological polar surface area (TPSA) is 441 Å². The van der Waals surface area contributed by atoms with E-state index in [1.165, 1.54) is 136 Å². The fraction of sp³-hybridized carbons (Fsp3) is 0.844. The van der Waals surface area contributed by atoms with Crippen LogP contribution in [0.4, 0.5) is 5.95 Å². The van der Waals surface area contributed by atoms with Crippen molar-refractivity contribution in [1.29, 1.82) is 0 Å². The molecule has 0 amide bonds. The largest absolute Gasteiger partial charge is 0.365 e. The highest BCUT2D eigenvalue weighted by atomic mass is 16.6. The molecule has 0 radical (unpaired) electrons. The van der Waals surface area contributed by atoms with Gasteiger partial charge in [0.25, 0.3) is 11.9 Å². The smallest absolute Gasteiger partial charge is 0.278 e. The number of nitrogens with one attached hydrogen (secondary N) is 8. The summed E-state index contributed by atoms with van der Waals surface area (Å²) in [6, 6.07) is 1.47. The van der Waals surface area contributed by atoms with Gasteiger partial charge in [-0.1, -0.05) is 24.4 Å². The van der Waals surface area contributed by atoms with Crippen LogP contribution in [0.15, 0.2) is 34.9 Å². The zero-order valence-corrected chi connectivity index (χ0v) is 45.3. The van der Waals surface area contributed by atoms with Gasteiger partial charge in [-0.25, -0.2) is 25.6 Å². The zero-order valence-electron chi connectivity index (χ0n) is 45.3. The third kappa shape index (κ3) is 30.8. The monoisotopic (exact) mass is 1060 g/mol. The average molecular weight is 1060 g/mol. The third-order valence-electron chi connectivity index (χ3n) is 14.8. The van der Waals surface area contributed by atoms with Crippen molar-refractivity contribution in [3.8, 4) is 0 Å². The lowest BCUT2D eigenvalue weighted by Gasteiger charge is -2.46. The third-order valence-corrected chi connectivity index (χ3v) is 14.8. The van der Waals surface area contributed by atoms with E-state index in [0.717, 1.165) is 85.2 Å². The van der Waals surface area contributed by atoms with Gasteiger partial charge in [0.15, 0.2) is 58.9 Å². The molecule has 426 valence electrons. The van der Waals surface area contributed by atoms with Crippen molar-refractivity contribution in [2.24, 2.45) is 33.0 Å². The second-order valence-electron chi connectivity index (χ2n) is 20.8. The summed E-state index contributed by atoms with van der Waals surface area (Å²) in [5.74, 6) is 0.519. The summed E-state index contributed by atoms with van der Waals surface area (Å²) < 4.78 is 0.755. The molecular weight excluding hydrogens is 953 g/mol. The first kappa shape index (κ1) is 64.6. The Kier molecular flexibility index (Phi) is 33.9. The molecule has 2 atom stereocenters. The van der Waals surface area contributed by atoms with Gasteiger partial charge in [0.2, 0.25) is 31.1 Å². The van der Waals surface area contributed by atoms with Gasteiger partial charge < -0.3 is 76.1 Å². The number of aromatic amines is 3. The minimum absolute atomic E-state index is 0.176. The molecule has 29 heteroatoms. The number of tetrazole rings is 1. The van der Waals surface area contributed by atoms with Gasteiger partial charge in [-0.05, 0) is 36.0 Å². The van der Waals surface area contributed by atoms with Crippen LogP contribution in [0.3, 0.4) is 0 Å². The first-order chi connectivity index (χ1) is 35.8. The molecule has 6 bridgehead atoms. The molecule has 16 rings (SSSR count). The first-order valence-corrected chi connectivity index (χ1v) is 27.9. The minimum atomic E-state index is 0.176. The highest BCUT2D eigenvalue weighted by Gasteiger charge is 2.49. The van der Waals surface area contributed by atoms with E-state index in [2.05, 4.69) is 73.4 Å². The Bertz CT molecular complexity index is 1520. The predicted molar refractivity (Wildman–Crippen MR) is 277 cm³/mol. The van der Waals surface area contributed by atoms with Crippen LogP contribution in [0.1, 0.15) is 51.4 Å². The van der Waals surface area contributed by atoms with E-state index in [4.69, 9.17) is 28.7 Å². The van der Waals surface area contributed by atoms with Crippen LogP contribution in [-0.2, 0) is 0 Å². The summed E-state index contributed by atoms with van der Waals surface area (Å²) in [5, 5.41) is 55.5. The van der Waals surface area contributed by atoms with Crippen LogP contribution in [0.25, 0.3) is 0 Å². The Hall–Kier alpha value is -3.67. The normalized spacial score (nSPS) is 31.3. The summed E-state index contributed by atoms with van der Waals surface area (Å²) in [6.45, 7) is 29.5. The Morgan fingerprint density at radius 3 is 1.26 bits per heavy atom. The molecule has 2 saturated carbocycles. The predicted octanol–water partition coefficient (Wildman–Crippen LogP) is -14.9. The lowest BCUT2D eigenvalue weighted by atomic mass is 9.92. The van der Waals surface area contributed by atoms with Gasteiger partial charge in [-0.3, -0.25) is 0 Å². The number of fused-ring (bicyclic) bond motifs is 9. The number of rotatable bonds is 1. The van der Waals surface area contributed by atoms with Crippen LogP contribution in [-0.4, -0.2) is 257 Å². The van der Waals surface area contributed by atoms with E-state index >= 15 is 0 Å². The molecule has 2 unspecified atom stereocenters. The molecule has 2 aromatic rings. The van der Waals surface area contributed by atoms with Crippen LogP contribution in [0.2, 0.25) is 0 Å².